The number of pyridine rings is 1. The summed E-state index contributed by atoms with van der Waals surface area (Å²) in [5.74, 6) is 0.0888. The summed E-state index contributed by atoms with van der Waals surface area (Å²) in [6.07, 6.45) is 5.07. The topological polar surface area (TPSA) is 51.0 Å². The summed E-state index contributed by atoms with van der Waals surface area (Å²) < 4.78 is 1.81. The second-order valence-corrected chi connectivity index (χ2v) is 7.71. The van der Waals surface area contributed by atoms with Crippen LogP contribution in [0, 0.1) is 20.8 Å². The number of carbonyl (C=O) groups is 1. The third kappa shape index (κ3) is 3.22. The zero-order chi connectivity index (χ0) is 19.1. The molecule has 3 aromatic rings. The number of amides is 1. The molecule has 1 atom stereocenters. The van der Waals surface area contributed by atoms with Gasteiger partial charge in [-0.25, -0.2) is 0 Å². The van der Waals surface area contributed by atoms with Gasteiger partial charge in [-0.1, -0.05) is 11.6 Å². The third-order valence-electron chi connectivity index (χ3n) is 5.45. The Kier molecular flexibility index (Phi) is 4.46. The van der Waals surface area contributed by atoms with Gasteiger partial charge in [-0.3, -0.25) is 14.5 Å². The van der Waals surface area contributed by atoms with Crippen LogP contribution in [-0.4, -0.2) is 32.1 Å². The first-order valence-corrected chi connectivity index (χ1v) is 9.63. The van der Waals surface area contributed by atoms with Gasteiger partial charge in [0.2, 0.25) is 0 Å². The fourth-order valence-corrected chi connectivity index (χ4v) is 4.23. The summed E-state index contributed by atoms with van der Waals surface area (Å²) in [4.78, 5) is 20.4. The zero-order valence-corrected chi connectivity index (χ0v) is 16.5. The second kappa shape index (κ2) is 6.80. The minimum atomic E-state index is 0.0434. The van der Waals surface area contributed by atoms with Crippen LogP contribution in [0.4, 0.5) is 0 Å². The van der Waals surface area contributed by atoms with Crippen molar-refractivity contribution in [3.05, 3.63) is 58.5 Å². The summed E-state index contributed by atoms with van der Waals surface area (Å²) in [6.45, 7) is 6.86. The minimum Gasteiger partial charge on any atom is -0.330 e. The molecule has 5 nitrogen and oxygen atoms in total. The molecule has 140 valence electrons. The molecule has 1 aliphatic heterocycles. The highest BCUT2D eigenvalue weighted by Gasteiger charge is 2.31. The number of aromatic nitrogens is 3. The maximum atomic E-state index is 13.6. The molecule has 0 spiro atoms. The summed E-state index contributed by atoms with van der Waals surface area (Å²) >= 11 is 0. The quantitative estimate of drug-likeness (QED) is 0.684. The molecule has 5 heteroatoms. The minimum absolute atomic E-state index is 0.0434. The molecule has 3 heterocycles. The maximum Gasteiger partial charge on any atom is 0.255 e. The normalized spacial score (nSPS) is 17.5. The highest BCUT2D eigenvalue weighted by molar-refractivity contribution is 6.07. The first-order chi connectivity index (χ1) is 12.9. The molecular weight excluding hydrogens is 336 g/mol. The van der Waals surface area contributed by atoms with Gasteiger partial charge in [0.25, 0.3) is 5.91 Å². The van der Waals surface area contributed by atoms with Crippen LogP contribution in [0.25, 0.3) is 10.9 Å². The lowest BCUT2D eigenvalue weighted by molar-refractivity contribution is 0.0607. The molecule has 1 fully saturated rings. The van der Waals surface area contributed by atoms with E-state index in [9.17, 15) is 4.79 Å². The van der Waals surface area contributed by atoms with E-state index in [1.54, 1.807) is 0 Å². The van der Waals surface area contributed by atoms with Gasteiger partial charge in [0, 0.05) is 30.9 Å². The van der Waals surface area contributed by atoms with Crippen molar-refractivity contribution in [3.8, 4) is 0 Å². The standard InChI is InChI=1S/C22H26N4O/c1-14-11-15(2)21-17(12-14)18(13-16(3)23-21)22(27)26-9-6-5-7-20(26)19-8-10-25(4)24-19/h8,10-13,20H,5-7,9H2,1-4H3/t20-/m0/s1. The Morgan fingerprint density at radius 3 is 2.70 bits per heavy atom. The number of piperidine rings is 1. The van der Waals surface area contributed by atoms with Crippen molar-refractivity contribution < 1.29 is 4.79 Å². The smallest absolute Gasteiger partial charge is 0.255 e. The first-order valence-electron chi connectivity index (χ1n) is 9.63. The molecule has 2 aromatic heterocycles. The highest BCUT2D eigenvalue weighted by atomic mass is 16.2. The molecule has 1 aliphatic rings. The number of rotatable bonds is 2. The Morgan fingerprint density at radius 1 is 1.15 bits per heavy atom. The van der Waals surface area contributed by atoms with Crippen LogP contribution < -0.4 is 0 Å². The molecule has 1 amide bonds. The predicted octanol–water partition coefficient (Wildman–Crippen LogP) is 4.26. The predicted molar refractivity (Wildman–Crippen MR) is 107 cm³/mol. The van der Waals surface area contributed by atoms with E-state index in [4.69, 9.17) is 4.98 Å². The van der Waals surface area contributed by atoms with E-state index in [1.807, 2.05) is 41.9 Å². The monoisotopic (exact) mass is 362 g/mol. The lowest BCUT2D eigenvalue weighted by atomic mass is 9.96. The lowest BCUT2D eigenvalue weighted by Crippen LogP contribution is -2.39. The largest absolute Gasteiger partial charge is 0.330 e. The number of hydrogen-bond donors (Lipinski definition) is 0. The van der Waals surface area contributed by atoms with Gasteiger partial charge in [-0.15, -0.1) is 0 Å². The van der Waals surface area contributed by atoms with Crippen LogP contribution >= 0.6 is 0 Å². The molecule has 0 aliphatic carbocycles. The number of carbonyl (C=O) groups excluding carboxylic acids is 1. The van der Waals surface area contributed by atoms with Crippen molar-refractivity contribution in [2.75, 3.05) is 6.54 Å². The fraction of sp³-hybridized carbons (Fsp3) is 0.409. The van der Waals surface area contributed by atoms with E-state index in [0.29, 0.717) is 0 Å². The van der Waals surface area contributed by atoms with Crippen LogP contribution in [0.5, 0.6) is 0 Å². The Hall–Kier alpha value is -2.69. The van der Waals surface area contributed by atoms with Gasteiger partial charge < -0.3 is 4.90 Å². The molecule has 0 radical (unpaired) electrons. The molecule has 1 aromatic carbocycles. The van der Waals surface area contributed by atoms with Crippen LogP contribution in [0.2, 0.25) is 0 Å². The molecule has 0 bridgehead atoms. The van der Waals surface area contributed by atoms with Crippen molar-refractivity contribution >= 4 is 16.8 Å². The number of fused-ring (bicyclic) bond motifs is 1. The third-order valence-corrected chi connectivity index (χ3v) is 5.45. The van der Waals surface area contributed by atoms with Gasteiger partial charge in [0.1, 0.15) is 0 Å². The lowest BCUT2D eigenvalue weighted by Gasteiger charge is -2.35. The van der Waals surface area contributed by atoms with Crippen molar-refractivity contribution in [3.63, 3.8) is 0 Å². The zero-order valence-electron chi connectivity index (χ0n) is 16.5. The summed E-state index contributed by atoms with van der Waals surface area (Å²) in [5, 5.41) is 5.53. The average Bonchev–Trinajstić information content (AvgIpc) is 3.07. The van der Waals surface area contributed by atoms with Crippen LogP contribution in [0.15, 0.2) is 30.5 Å². The molecular formula is C22H26N4O. The molecule has 1 saturated heterocycles. The molecule has 4 rings (SSSR count). The van der Waals surface area contributed by atoms with E-state index >= 15 is 0 Å². The van der Waals surface area contributed by atoms with Gasteiger partial charge in [0.05, 0.1) is 22.8 Å². The molecule has 0 saturated carbocycles. The number of nitrogens with zero attached hydrogens (tertiary/aromatic N) is 4. The number of hydrogen-bond acceptors (Lipinski definition) is 3. The van der Waals surface area contributed by atoms with Crippen molar-refractivity contribution in [1.82, 2.24) is 19.7 Å². The van der Waals surface area contributed by atoms with Gasteiger partial charge in [-0.05, 0) is 63.8 Å². The van der Waals surface area contributed by atoms with Crippen LogP contribution in [0.3, 0.4) is 0 Å². The summed E-state index contributed by atoms with van der Waals surface area (Å²) in [6, 6.07) is 8.22. The first kappa shape index (κ1) is 17.7. The van der Waals surface area contributed by atoms with Crippen LogP contribution in [0.1, 0.15) is 58.2 Å². The van der Waals surface area contributed by atoms with Crippen molar-refractivity contribution in [1.29, 1.82) is 0 Å². The van der Waals surface area contributed by atoms with E-state index in [2.05, 4.69) is 31.1 Å². The summed E-state index contributed by atoms with van der Waals surface area (Å²) in [5.41, 5.74) is 5.81. The Labute approximate surface area is 160 Å². The van der Waals surface area contributed by atoms with Gasteiger partial charge in [-0.2, -0.15) is 5.10 Å². The van der Waals surface area contributed by atoms with E-state index in [0.717, 1.165) is 64.8 Å². The van der Waals surface area contributed by atoms with E-state index in [-0.39, 0.29) is 11.9 Å². The SMILES string of the molecule is Cc1cc(C)c2nc(C)cc(C(=O)N3CCCC[C@H]3c3ccn(C)n3)c2c1. The molecule has 0 N–H and O–H groups in total. The van der Waals surface area contributed by atoms with E-state index in [1.165, 1.54) is 0 Å². The summed E-state index contributed by atoms with van der Waals surface area (Å²) in [7, 11) is 1.92. The van der Waals surface area contributed by atoms with Gasteiger partial charge >= 0.3 is 0 Å². The van der Waals surface area contributed by atoms with Crippen molar-refractivity contribution in [2.45, 2.75) is 46.1 Å². The van der Waals surface area contributed by atoms with Crippen LogP contribution in [-0.2, 0) is 7.05 Å². The van der Waals surface area contributed by atoms with Crippen molar-refractivity contribution in [2.24, 2.45) is 7.05 Å². The molecule has 0 unspecified atom stereocenters. The Morgan fingerprint density at radius 2 is 1.96 bits per heavy atom. The highest BCUT2D eigenvalue weighted by Crippen LogP contribution is 2.33. The Bertz CT molecular complexity index is 1020. The number of likely N-dealkylation sites (tertiary alicyclic amines) is 1. The van der Waals surface area contributed by atoms with Gasteiger partial charge in [0.15, 0.2) is 0 Å². The molecule has 27 heavy (non-hydrogen) atoms. The number of benzene rings is 1. The fourth-order valence-electron chi connectivity index (χ4n) is 4.23. The second-order valence-electron chi connectivity index (χ2n) is 7.71. The number of aryl methyl sites for hydroxylation is 4. The average molecular weight is 362 g/mol. The Balaban J connectivity index is 1.81. The maximum absolute atomic E-state index is 13.6. The van der Waals surface area contributed by atoms with E-state index < -0.39 is 0 Å².